The van der Waals surface area contributed by atoms with E-state index in [-0.39, 0.29) is 5.75 Å². The third-order valence-electron chi connectivity index (χ3n) is 2.88. The highest BCUT2D eigenvalue weighted by Gasteiger charge is 2.31. The molecule has 0 aliphatic rings. The van der Waals surface area contributed by atoms with Crippen molar-refractivity contribution in [3.8, 4) is 11.4 Å². The van der Waals surface area contributed by atoms with E-state index in [0.29, 0.717) is 12.2 Å². The second-order valence-electron chi connectivity index (χ2n) is 4.51. The van der Waals surface area contributed by atoms with E-state index in [2.05, 4.69) is 15.2 Å². The Morgan fingerprint density at radius 1 is 1.33 bits per heavy atom. The molecule has 0 saturated carbocycles. The molecule has 7 heteroatoms. The first-order chi connectivity index (χ1) is 9.89. The van der Waals surface area contributed by atoms with Gasteiger partial charge in [0.1, 0.15) is 5.75 Å². The Hall–Kier alpha value is -2.02. The van der Waals surface area contributed by atoms with Gasteiger partial charge in [-0.25, -0.2) is 4.68 Å². The number of nitrogens with zero attached hydrogens (tertiary/aromatic N) is 2. The standard InChI is InChI=1S/C14H16F3N3O/c1-3-18-8-11-9-20(19-10(11)2)12-5-4-6-13(7-12)21-14(15,16)17/h4-7,9,18H,3,8H2,1-2H3. The van der Waals surface area contributed by atoms with Gasteiger partial charge in [-0.05, 0) is 25.6 Å². The number of rotatable bonds is 5. The molecule has 0 spiro atoms. The Labute approximate surface area is 120 Å². The summed E-state index contributed by atoms with van der Waals surface area (Å²) in [6.07, 6.45) is -2.90. The van der Waals surface area contributed by atoms with Gasteiger partial charge in [-0.15, -0.1) is 13.2 Å². The lowest BCUT2D eigenvalue weighted by Gasteiger charge is -2.10. The third-order valence-corrected chi connectivity index (χ3v) is 2.88. The highest BCUT2D eigenvalue weighted by atomic mass is 19.4. The van der Waals surface area contributed by atoms with E-state index in [9.17, 15) is 13.2 Å². The molecule has 0 atom stereocenters. The van der Waals surface area contributed by atoms with E-state index in [1.54, 1.807) is 16.9 Å². The summed E-state index contributed by atoms with van der Waals surface area (Å²) in [6.45, 7) is 5.36. The molecule has 1 aromatic heterocycles. The molecular weight excluding hydrogens is 283 g/mol. The first kappa shape index (κ1) is 15.4. The van der Waals surface area contributed by atoms with Crippen LogP contribution >= 0.6 is 0 Å². The van der Waals surface area contributed by atoms with Gasteiger partial charge in [0.2, 0.25) is 0 Å². The van der Waals surface area contributed by atoms with Crippen molar-refractivity contribution >= 4 is 0 Å². The fourth-order valence-electron chi connectivity index (χ4n) is 1.88. The molecule has 1 heterocycles. The molecule has 1 aromatic carbocycles. The monoisotopic (exact) mass is 299 g/mol. The van der Waals surface area contributed by atoms with Crippen molar-refractivity contribution in [1.29, 1.82) is 0 Å². The van der Waals surface area contributed by atoms with Crippen LogP contribution in [-0.2, 0) is 6.54 Å². The Bertz CT molecular complexity index is 608. The van der Waals surface area contributed by atoms with Crippen LogP contribution in [0.2, 0.25) is 0 Å². The highest BCUT2D eigenvalue weighted by Crippen LogP contribution is 2.24. The number of hydrogen-bond acceptors (Lipinski definition) is 3. The molecule has 2 rings (SSSR count). The van der Waals surface area contributed by atoms with Gasteiger partial charge in [0.25, 0.3) is 0 Å². The molecule has 0 fully saturated rings. The molecule has 0 bridgehead atoms. The summed E-state index contributed by atoms with van der Waals surface area (Å²) < 4.78 is 42.1. The zero-order chi connectivity index (χ0) is 15.5. The van der Waals surface area contributed by atoms with E-state index in [0.717, 1.165) is 17.8 Å². The van der Waals surface area contributed by atoms with Gasteiger partial charge in [-0.2, -0.15) is 5.10 Å². The summed E-state index contributed by atoms with van der Waals surface area (Å²) in [4.78, 5) is 0. The number of aromatic nitrogens is 2. The van der Waals surface area contributed by atoms with Crippen LogP contribution in [0.4, 0.5) is 13.2 Å². The van der Waals surface area contributed by atoms with Crippen LogP contribution in [0.5, 0.6) is 5.75 Å². The maximum absolute atomic E-state index is 12.2. The van der Waals surface area contributed by atoms with Gasteiger partial charge in [-0.1, -0.05) is 13.0 Å². The molecule has 0 amide bonds. The van der Waals surface area contributed by atoms with E-state index in [1.807, 2.05) is 13.8 Å². The largest absolute Gasteiger partial charge is 0.573 e. The topological polar surface area (TPSA) is 39.1 Å². The number of aryl methyl sites for hydroxylation is 1. The van der Waals surface area contributed by atoms with Crippen LogP contribution in [0.25, 0.3) is 5.69 Å². The van der Waals surface area contributed by atoms with Gasteiger partial charge in [-0.3, -0.25) is 0 Å². The van der Waals surface area contributed by atoms with Crippen molar-refractivity contribution in [1.82, 2.24) is 15.1 Å². The number of hydrogen-bond donors (Lipinski definition) is 1. The summed E-state index contributed by atoms with van der Waals surface area (Å²) in [5, 5.41) is 7.50. The molecule has 4 nitrogen and oxygen atoms in total. The summed E-state index contributed by atoms with van der Waals surface area (Å²) in [6, 6.07) is 5.73. The first-order valence-corrected chi connectivity index (χ1v) is 6.51. The molecule has 0 aliphatic heterocycles. The first-order valence-electron chi connectivity index (χ1n) is 6.51. The minimum atomic E-state index is -4.70. The molecule has 0 radical (unpaired) electrons. The SMILES string of the molecule is CCNCc1cn(-c2cccc(OC(F)(F)F)c2)nc1C. The highest BCUT2D eigenvalue weighted by molar-refractivity contribution is 5.39. The van der Waals surface area contributed by atoms with Crippen LogP contribution in [0.1, 0.15) is 18.2 Å². The van der Waals surface area contributed by atoms with Gasteiger partial charge < -0.3 is 10.1 Å². The molecule has 0 unspecified atom stereocenters. The lowest BCUT2D eigenvalue weighted by molar-refractivity contribution is -0.274. The predicted molar refractivity (Wildman–Crippen MR) is 72.4 cm³/mol. The van der Waals surface area contributed by atoms with E-state index < -0.39 is 6.36 Å². The Morgan fingerprint density at radius 3 is 2.76 bits per heavy atom. The zero-order valence-corrected chi connectivity index (χ0v) is 11.7. The zero-order valence-electron chi connectivity index (χ0n) is 11.7. The van der Waals surface area contributed by atoms with Crippen LogP contribution in [0.3, 0.4) is 0 Å². The van der Waals surface area contributed by atoms with Crippen LogP contribution in [0.15, 0.2) is 30.5 Å². The number of ether oxygens (including phenoxy) is 1. The molecule has 114 valence electrons. The fourth-order valence-corrected chi connectivity index (χ4v) is 1.88. The third kappa shape index (κ3) is 4.22. The second kappa shape index (κ2) is 6.17. The van der Waals surface area contributed by atoms with Crippen molar-refractivity contribution in [3.05, 3.63) is 41.7 Å². The van der Waals surface area contributed by atoms with Gasteiger partial charge in [0, 0.05) is 24.4 Å². The van der Waals surface area contributed by atoms with Crippen molar-refractivity contribution in [2.24, 2.45) is 0 Å². The summed E-state index contributed by atoms with van der Waals surface area (Å²) >= 11 is 0. The number of halogens is 3. The van der Waals surface area contributed by atoms with E-state index >= 15 is 0 Å². The van der Waals surface area contributed by atoms with Crippen LogP contribution in [0, 0.1) is 6.92 Å². The van der Waals surface area contributed by atoms with Crippen LogP contribution in [-0.4, -0.2) is 22.7 Å². The van der Waals surface area contributed by atoms with Crippen molar-refractivity contribution in [2.45, 2.75) is 26.8 Å². The molecule has 2 aromatic rings. The fraction of sp³-hybridized carbons (Fsp3) is 0.357. The van der Waals surface area contributed by atoms with Crippen molar-refractivity contribution in [3.63, 3.8) is 0 Å². The lowest BCUT2D eigenvalue weighted by atomic mass is 10.2. The Morgan fingerprint density at radius 2 is 2.10 bits per heavy atom. The maximum Gasteiger partial charge on any atom is 0.573 e. The lowest BCUT2D eigenvalue weighted by Crippen LogP contribution is -2.17. The number of nitrogens with one attached hydrogen (secondary N) is 1. The maximum atomic E-state index is 12.2. The minimum absolute atomic E-state index is 0.263. The van der Waals surface area contributed by atoms with Crippen molar-refractivity contribution in [2.75, 3.05) is 6.54 Å². The van der Waals surface area contributed by atoms with Crippen molar-refractivity contribution < 1.29 is 17.9 Å². The molecule has 0 saturated heterocycles. The summed E-state index contributed by atoms with van der Waals surface area (Å²) in [7, 11) is 0. The van der Waals surface area contributed by atoms with E-state index in [1.165, 1.54) is 18.2 Å². The smallest absolute Gasteiger partial charge is 0.406 e. The normalized spacial score (nSPS) is 11.7. The van der Waals surface area contributed by atoms with Gasteiger partial charge in [0.15, 0.2) is 0 Å². The number of alkyl halides is 3. The van der Waals surface area contributed by atoms with Gasteiger partial charge in [0.05, 0.1) is 11.4 Å². The molecular formula is C14H16F3N3O. The molecule has 0 aliphatic carbocycles. The average Bonchev–Trinajstić information content (AvgIpc) is 2.76. The molecule has 1 N–H and O–H groups in total. The number of benzene rings is 1. The Kier molecular flexibility index (Phi) is 4.52. The predicted octanol–water partition coefficient (Wildman–Crippen LogP) is 3.19. The second-order valence-corrected chi connectivity index (χ2v) is 4.51. The minimum Gasteiger partial charge on any atom is -0.406 e. The van der Waals surface area contributed by atoms with E-state index in [4.69, 9.17) is 0 Å². The average molecular weight is 299 g/mol. The van der Waals surface area contributed by atoms with Crippen LogP contribution < -0.4 is 10.1 Å². The molecule has 21 heavy (non-hydrogen) atoms. The summed E-state index contributed by atoms with van der Waals surface area (Å²) in [5.41, 5.74) is 2.35. The Balaban J connectivity index is 2.24. The quantitative estimate of drug-likeness (QED) is 0.921. The summed E-state index contributed by atoms with van der Waals surface area (Å²) in [5.74, 6) is -0.263. The van der Waals surface area contributed by atoms with Gasteiger partial charge >= 0.3 is 6.36 Å².